The molecule has 0 bridgehead atoms. The number of benzene rings is 3. The lowest BCUT2D eigenvalue weighted by atomic mass is 9.91. The van der Waals surface area contributed by atoms with E-state index in [0.29, 0.717) is 16.6 Å². The number of ether oxygens (including phenoxy) is 1. The summed E-state index contributed by atoms with van der Waals surface area (Å²) in [5.74, 6) is 0.00641. The highest BCUT2D eigenvalue weighted by molar-refractivity contribution is 7.22. The molecule has 2 saturated heterocycles. The van der Waals surface area contributed by atoms with E-state index in [2.05, 4.69) is 28.0 Å². The molecule has 2 aromatic heterocycles. The van der Waals surface area contributed by atoms with Crippen molar-refractivity contribution < 1.29 is 14.6 Å². The molecule has 0 spiro atoms. The van der Waals surface area contributed by atoms with E-state index in [1.165, 1.54) is 32.4 Å². The number of rotatable bonds is 7. The molecule has 1 N–H and O–H groups in total. The Labute approximate surface area is 278 Å². The largest absolute Gasteiger partial charge is 0.479 e. The van der Waals surface area contributed by atoms with Crippen molar-refractivity contribution in [1.29, 1.82) is 0 Å². The van der Waals surface area contributed by atoms with E-state index >= 15 is 0 Å². The van der Waals surface area contributed by atoms with Gasteiger partial charge in [-0.3, -0.25) is 4.68 Å². The topological polar surface area (TPSA) is 83.7 Å². The molecule has 8 nitrogen and oxygen atoms in total. The molecule has 3 aromatic carbocycles. The van der Waals surface area contributed by atoms with Crippen molar-refractivity contribution in [2.45, 2.75) is 64.7 Å². The molecule has 0 aliphatic carbocycles. The minimum atomic E-state index is -1.15. The van der Waals surface area contributed by atoms with Gasteiger partial charge < -0.3 is 19.6 Å². The predicted molar refractivity (Wildman–Crippen MR) is 187 cm³/mol. The number of carbonyl (C=O) groups is 1. The fourth-order valence-electron chi connectivity index (χ4n) is 6.92. The number of aryl methyl sites for hydroxylation is 2. The summed E-state index contributed by atoms with van der Waals surface area (Å²) in [4.78, 5) is 22.9. The average molecular weight is 658 g/mol. The minimum absolute atomic E-state index is 0.616. The summed E-state index contributed by atoms with van der Waals surface area (Å²) < 4.78 is 9.08. The number of likely N-dealkylation sites (tertiary alicyclic amines) is 1. The van der Waals surface area contributed by atoms with Gasteiger partial charge in [-0.15, -0.1) is 11.3 Å². The number of thiazole rings is 1. The first-order chi connectivity index (χ1) is 22.0. The number of aliphatic carboxylic acids is 1. The Balaban J connectivity index is 1.33. The van der Waals surface area contributed by atoms with Crippen LogP contribution in [0.1, 0.15) is 57.3 Å². The molecule has 4 heterocycles. The molecule has 2 aliphatic heterocycles. The molecular weight excluding hydrogens is 618 g/mol. The predicted octanol–water partition coefficient (Wildman–Crippen LogP) is 8.09. The first-order valence-corrected chi connectivity index (χ1v) is 17.2. The third kappa shape index (κ3) is 5.79. The zero-order valence-electron chi connectivity index (χ0n) is 27.0. The van der Waals surface area contributed by atoms with Gasteiger partial charge in [0, 0.05) is 53.3 Å². The molecular formula is C36H40ClN5O3S. The smallest absolute Gasteiger partial charge is 0.337 e. The van der Waals surface area contributed by atoms with Crippen molar-refractivity contribution in [1.82, 2.24) is 19.7 Å². The number of piperidine rings is 1. The van der Waals surface area contributed by atoms with Crippen LogP contribution in [0.5, 0.6) is 0 Å². The summed E-state index contributed by atoms with van der Waals surface area (Å²) in [5, 5.41) is 18.0. The van der Waals surface area contributed by atoms with Gasteiger partial charge in [-0.25, -0.2) is 9.78 Å². The van der Waals surface area contributed by atoms with Crippen LogP contribution in [0.4, 0.5) is 5.82 Å². The van der Waals surface area contributed by atoms with Crippen molar-refractivity contribution in [3.05, 3.63) is 64.7 Å². The molecule has 1 atom stereocenters. The Morgan fingerprint density at radius 2 is 1.74 bits per heavy atom. The van der Waals surface area contributed by atoms with Crippen LogP contribution in [0.15, 0.2) is 48.5 Å². The Morgan fingerprint density at radius 3 is 2.37 bits per heavy atom. The van der Waals surface area contributed by atoms with E-state index in [1.807, 2.05) is 69.8 Å². The zero-order chi connectivity index (χ0) is 32.3. The standard InChI is InChI=1S/C36H40ClN5O3S/c1-21-19-27-32(30(22-7-10-24(37)11-8-22)29(21)31(35(43)44)45-36(2,3)4)46-34(38-27)23-9-12-28-26(20-23)33(39-40(28)5)42-17-13-25(14-18-42)41-15-6-16-41/h7-12,19-20,25,31H,6,13-18H2,1-5H3,(H,43,44). The fourth-order valence-corrected chi connectivity index (χ4v) is 8.17. The number of hydrogen-bond donors (Lipinski definition) is 1. The Bertz CT molecular complexity index is 1930. The number of aromatic nitrogens is 3. The Kier molecular flexibility index (Phi) is 8.08. The van der Waals surface area contributed by atoms with Gasteiger partial charge in [-0.05, 0) is 108 Å². The summed E-state index contributed by atoms with van der Waals surface area (Å²) in [5.41, 5.74) is 5.41. The van der Waals surface area contributed by atoms with Gasteiger partial charge in [0.15, 0.2) is 11.9 Å². The maximum absolute atomic E-state index is 12.7. The summed E-state index contributed by atoms with van der Waals surface area (Å²) in [7, 11) is 2.01. The zero-order valence-corrected chi connectivity index (χ0v) is 28.6. The number of carboxylic acid groups (broad SMARTS) is 1. The normalized spacial score (nSPS) is 17.1. The average Bonchev–Trinajstić information content (AvgIpc) is 3.55. The first kappa shape index (κ1) is 31.1. The SMILES string of the molecule is Cc1cc2nc(-c3ccc4c(c3)c(N3CCC(N5CCC5)CC3)nn4C)sc2c(-c2ccc(Cl)cc2)c1C(OC(C)(C)C)C(=O)O. The maximum atomic E-state index is 12.7. The van der Waals surface area contributed by atoms with E-state index in [1.54, 1.807) is 11.3 Å². The lowest BCUT2D eigenvalue weighted by Gasteiger charge is -2.43. The van der Waals surface area contributed by atoms with E-state index in [-0.39, 0.29) is 0 Å². The lowest BCUT2D eigenvalue weighted by molar-refractivity contribution is -0.160. The summed E-state index contributed by atoms with van der Waals surface area (Å²) in [6, 6.07) is 16.7. The monoisotopic (exact) mass is 657 g/mol. The molecule has 2 aliphatic rings. The van der Waals surface area contributed by atoms with Crippen LogP contribution in [0.25, 0.3) is 42.8 Å². The van der Waals surface area contributed by atoms with E-state index in [4.69, 9.17) is 26.4 Å². The van der Waals surface area contributed by atoms with E-state index in [9.17, 15) is 9.90 Å². The van der Waals surface area contributed by atoms with Gasteiger partial charge in [-0.2, -0.15) is 5.10 Å². The van der Waals surface area contributed by atoms with Crippen molar-refractivity contribution in [2.75, 3.05) is 31.1 Å². The molecule has 46 heavy (non-hydrogen) atoms. The molecule has 2 fully saturated rings. The molecule has 1 unspecified atom stereocenters. The summed E-state index contributed by atoms with van der Waals surface area (Å²) in [6.07, 6.45) is 2.51. The second kappa shape index (κ2) is 11.9. The van der Waals surface area contributed by atoms with Crippen LogP contribution in [0.3, 0.4) is 0 Å². The third-order valence-corrected chi connectivity index (χ3v) is 10.7. The fraction of sp³-hybridized carbons (Fsp3) is 0.417. The Morgan fingerprint density at radius 1 is 1.04 bits per heavy atom. The number of fused-ring (bicyclic) bond motifs is 2. The van der Waals surface area contributed by atoms with Crippen molar-refractivity contribution in [3.8, 4) is 21.7 Å². The van der Waals surface area contributed by atoms with Gasteiger partial charge in [0.2, 0.25) is 0 Å². The maximum Gasteiger partial charge on any atom is 0.337 e. The highest BCUT2D eigenvalue weighted by Crippen LogP contribution is 2.45. The highest BCUT2D eigenvalue weighted by atomic mass is 35.5. The number of halogens is 1. The van der Waals surface area contributed by atoms with E-state index in [0.717, 1.165) is 67.3 Å². The van der Waals surface area contributed by atoms with Crippen molar-refractivity contribution in [3.63, 3.8) is 0 Å². The van der Waals surface area contributed by atoms with Gasteiger partial charge in [-0.1, -0.05) is 23.7 Å². The summed E-state index contributed by atoms with van der Waals surface area (Å²) >= 11 is 7.86. The molecule has 0 saturated carbocycles. The second-order valence-electron chi connectivity index (χ2n) is 13.6. The van der Waals surface area contributed by atoms with Crippen LogP contribution in [-0.4, -0.2) is 68.6 Å². The van der Waals surface area contributed by atoms with Gasteiger partial charge in [0.1, 0.15) is 5.01 Å². The Hall–Kier alpha value is -3.50. The van der Waals surface area contributed by atoms with Crippen LogP contribution >= 0.6 is 22.9 Å². The van der Waals surface area contributed by atoms with Crippen LogP contribution in [0, 0.1) is 6.92 Å². The number of anilines is 1. The van der Waals surface area contributed by atoms with Crippen LogP contribution in [-0.2, 0) is 16.6 Å². The molecule has 5 aromatic rings. The molecule has 7 rings (SSSR count). The van der Waals surface area contributed by atoms with Crippen LogP contribution < -0.4 is 4.90 Å². The lowest BCUT2D eigenvalue weighted by Crippen LogP contribution is -2.50. The highest BCUT2D eigenvalue weighted by Gasteiger charge is 2.33. The third-order valence-electron chi connectivity index (χ3n) is 9.27. The van der Waals surface area contributed by atoms with Gasteiger partial charge >= 0.3 is 5.97 Å². The molecule has 10 heteroatoms. The number of nitrogens with zero attached hydrogens (tertiary/aromatic N) is 5. The second-order valence-corrected chi connectivity index (χ2v) is 15.0. The quantitative estimate of drug-likeness (QED) is 0.189. The first-order valence-electron chi connectivity index (χ1n) is 16.0. The van der Waals surface area contributed by atoms with Crippen molar-refractivity contribution in [2.24, 2.45) is 7.05 Å². The molecule has 240 valence electrons. The number of carboxylic acids is 1. The van der Waals surface area contributed by atoms with Gasteiger partial charge in [0.05, 0.1) is 21.3 Å². The minimum Gasteiger partial charge on any atom is -0.479 e. The van der Waals surface area contributed by atoms with Gasteiger partial charge in [0.25, 0.3) is 0 Å². The molecule has 0 radical (unpaired) electrons. The van der Waals surface area contributed by atoms with Crippen LogP contribution in [0.2, 0.25) is 5.02 Å². The summed E-state index contributed by atoms with van der Waals surface area (Å²) in [6.45, 7) is 12.1. The molecule has 0 amide bonds. The van der Waals surface area contributed by atoms with Crippen molar-refractivity contribution >= 4 is 55.8 Å². The van der Waals surface area contributed by atoms with E-state index < -0.39 is 17.7 Å². The number of hydrogen-bond acceptors (Lipinski definition) is 7.